The summed E-state index contributed by atoms with van der Waals surface area (Å²) in [5, 5.41) is 0. The standard InChI is InChI=1S/C17H15N/c1-2-11-18-16-14-9-5-3-7-12(14)13-8-4-6-10-15(13)17(16)18/h2-10,16-17H,1,11H2. The third-order valence-electron chi connectivity index (χ3n) is 4.11. The highest BCUT2D eigenvalue weighted by Gasteiger charge is 2.52. The Morgan fingerprint density at radius 2 is 1.39 bits per heavy atom. The van der Waals surface area contributed by atoms with Crippen LogP contribution in [0.25, 0.3) is 11.1 Å². The van der Waals surface area contributed by atoms with Crippen molar-refractivity contribution in [3.05, 3.63) is 72.3 Å². The lowest BCUT2D eigenvalue weighted by Gasteiger charge is -2.16. The fourth-order valence-corrected chi connectivity index (χ4v) is 3.35. The van der Waals surface area contributed by atoms with Crippen molar-refractivity contribution in [3.63, 3.8) is 0 Å². The molecule has 2 aromatic carbocycles. The lowest BCUT2D eigenvalue weighted by atomic mass is 9.86. The van der Waals surface area contributed by atoms with Crippen LogP contribution in [0.1, 0.15) is 23.2 Å². The number of hydrogen-bond acceptors (Lipinski definition) is 1. The van der Waals surface area contributed by atoms with E-state index in [2.05, 4.69) is 60.0 Å². The van der Waals surface area contributed by atoms with Crippen LogP contribution in [0.4, 0.5) is 0 Å². The zero-order valence-corrected chi connectivity index (χ0v) is 10.2. The molecule has 0 radical (unpaired) electrons. The minimum absolute atomic E-state index is 0.564. The molecule has 1 heteroatoms. The molecule has 2 aliphatic rings. The van der Waals surface area contributed by atoms with E-state index in [-0.39, 0.29) is 0 Å². The Bertz CT molecular complexity index is 578. The smallest absolute Gasteiger partial charge is 0.0562 e. The van der Waals surface area contributed by atoms with Crippen LogP contribution in [-0.2, 0) is 0 Å². The summed E-state index contributed by atoms with van der Waals surface area (Å²) in [5.41, 5.74) is 5.76. The molecule has 1 fully saturated rings. The summed E-state index contributed by atoms with van der Waals surface area (Å²) in [5.74, 6) is 0. The van der Waals surface area contributed by atoms with Crippen LogP contribution >= 0.6 is 0 Å². The van der Waals surface area contributed by atoms with Gasteiger partial charge in [-0.05, 0) is 22.3 Å². The van der Waals surface area contributed by atoms with Gasteiger partial charge < -0.3 is 0 Å². The van der Waals surface area contributed by atoms with Crippen LogP contribution in [-0.4, -0.2) is 11.4 Å². The molecule has 1 aliphatic carbocycles. The maximum Gasteiger partial charge on any atom is 0.0562 e. The Morgan fingerprint density at radius 3 is 1.89 bits per heavy atom. The first kappa shape index (κ1) is 10.1. The van der Waals surface area contributed by atoms with Crippen molar-refractivity contribution < 1.29 is 0 Å². The molecule has 0 spiro atoms. The van der Waals surface area contributed by atoms with Gasteiger partial charge in [0, 0.05) is 6.54 Å². The maximum atomic E-state index is 3.87. The highest BCUT2D eigenvalue weighted by Crippen LogP contribution is 2.61. The lowest BCUT2D eigenvalue weighted by molar-refractivity contribution is 0.544. The lowest BCUT2D eigenvalue weighted by Crippen LogP contribution is -1.98. The van der Waals surface area contributed by atoms with Crippen molar-refractivity contribution in [1.29, 1.82) is 0 Å². The van der Waals surface area contributed by atoms with E-state index in [1.807, 2.05) is 6.08 Å². The summed E-state index contributed by atoms with van der Waals surface area (Å²) in [7, 11) is 0. The average Bonchev–Trinajstić information content (AvgIpc) is 3.14. The van der Waals surface area contributed by atoms with Crippen LogP contribution in [0, 0.1) is 0 Å². The molecule has 2 aromatic rings. The van der Waals surface area contributed by atoms with Gasteiger partial charge in [0.25, 0.3) is 0 Å². The summed E-state index contributed by atoms with van der Waals surface area (Å²) < 4.78 is 0. The van der Waals surface area contributed by atoms with Gasteiger partial charge >= 0.3 is 0 Å². The fraction of sp³-hybridized carbons (Fsp3) is 0.176. The molecule has 0 amide bonds. The minimum atomic E-state index is 0.564. The molecule has 2 atom stereocenters. The summed E-state index contributed by atoms with van der Waals surface area (Å²) >= 11 is 0. The van der Waals surface area contributed by atoms with E-state index in [9.17, 15) is 0 Å². The Kier molecular flexibility index (Phi) is 2.00. The van der Waals surface area contributed by atoms with Crippen LogP contribution in [0.5, 0.6) is 0 Å². The van der Waals surface area contributed by atoms with Crippen molar-refractivity contribution in [1.82, 2.24) is 4.90 Å². The Hall–Kier alpha value is -1.86. The molecular weight excluding hydrogens is 218 g/mol. The normalized spacial score (nSPS) is 26.8. The van der Waals surface area contributed by atoms with E-state index in [4.69, 9.17) is 0 Å². The zero-order valence-electron chi connectivity index (χ0n) is 10.2. The molecular formula is C17H15N. The van der Waals surface area contributed by atoms with Crippen molar-refractivity contribution in [2.24, 2.45) is 0 Å². The largest absolute Gasteiger partial charge is 0.282 e. The first-order valence-electron chi connectivity index (χ1n) is 6.46. The Morgan fingerprint density at radius 1 is 0.889 bits per heavy atom. The van der Waals surface area contributed by atoms with E-state index >= 15 is 0 Å². The van der Waals surface area contributed by atoms with Crippen molar-refractivity contribution in [3.8, 4) is 11.1 Å². The predicted octanol–water partition coefficient (Wildman–Crippen LogP) is 3.95. The van der Waals surface area contributed by atoms with Crippen molar-refractivity contribution >= 4 is 0 Å². The zero-order chi connectivity index (χ0) is 12.1. The van der Waals surface area contributed by atoms with E-state index < -0.39 is 0 Å². The summed E-state index contributed by atoms with van der Waals surface area (Å²) in [6, 6.07) is 18.7. The van der Waals surface area contributed by atoms with Crippen molar-refractivity contribution in [2.75, 3.05) is 6.54 Å². The topological polar surface area (TPSA) is 3.01 Å². The first-order valence-corrected chi connectivity index (χ1v) is 6.46. The molecule has 0 bridgehead atoms. The van der Waals surface area contributed by atoms with Gasteiger partial charge in [-0.3, -0.25) is 4.90 Å². The molecule has 2 unspecified atom stereocenters. The molecule has 1 nitrogen and oxygen atoms in total. The molecule has 0 saturated carbocycles. The van der Waals surface area contributed by atoms with Crippen molar-refractivity contribution in [2.45, 2.75) is 12.1 Å². The molecule has 1 saturated heterocycles. The third-order valence-corrected chi connectivity index (χ3v) is 4.11. The van der Waals surface area contributed by atoms with Gasteiger partial charge in [0.2, 0.25) is 0 Å². The molecule has 1 heterocycles. The molecule has 0 aromatic heterocycles. The third kappa shape index (κ3) is 1.20. The van der Waals surface area contributed by atoms with Gasteiger partial charge in [-0.2, -0.15) is 0 Å². The second-order valence-electron chi connectivity index (χ2n) is 5.05. The highest BCUT2D eigenvalue weighted by atomic mass is 15.4. The molecule has 88 valence electrons. The highest BCUT2D eigenvalue weighted by molar-refractivity contribution is 5.76. The minimum Gasteiger partial charge on any atom is -0.282 e. The van der Waals surface area contributed by atoms with E-state index in [0.29, 0.717) is 12.1 Å². The van der Waals surface area contributed by atoms with E-state index in [0.717, 1.165) is 6.54 Å². The maximum absolute atomic E-state index is 3.87. The molecule has 4 rings (SSSR count). The van der Waals surface area contributed by atoms with Gasteiger partial charge in [-0.1, -0.05) is 54.6 Å². The number of rotatable bonds is 2. The van der Waals surface area contributed by atoms with E-state index in [1.54, 1.807) is 0 Å². The second kappa shape index (κ2) is 3.56. The van der Waals surface area contributed by atoms with Crippen LogP contribution < -0.4 is 0 Å². The summed E-state index contributed by atoms with van der Waals surface area (Å²) in [4.78, 5) is 2.51. The Labute approximate surface area is 107 Å². The average molecular weight is 233 g/mol. The predicted molar refractivity (Wildman–Crippen MR) is 74.3 cm³/mol. The second-order valence-corrected chi connectivity index (χ2v) is 5.05. The molecule has 1 aliphatic heterocycles. The SMILES string of the molecule is C=CCN1C2c3ccccc3-c3ccccc3C21. The van der Waals surface area contributed by atoms with Gasteiger partial charge in [-0.15, -0.1) is 6.58 Å². The first-order chi connectivity index (χ1) is 8.92. The van der Waals surface area contributed by atoms with E-state index in [1.165, 1.54) is 22.3 Å². The van der Waals surface area contributed by atoms with Crippen LogP contribution in [0.15, 0.2) is 61.2 Å². The quantitative estimate of drug-likeness (QED) is 0.560. The summed E-state index contributed by atoms with van der Waals surface area (Å²) in [6.45, 7) is 4.84. The van der Waals surface area contributed by atoms with Gasteiger partial charge in [0.05, 0.1) is 12.1 Å². The van der Waals surface area contributed by atoms with Crippen LogP contribution in [0.3, 0.4) is 0 Å². The number of benzene rings is 2. The Balaban J connectivity index is 1.94. The van der Waals surface area contributed by atoms with Gasteiger partial charge in [0.1, 0.15) is 0 Å². The molecule has 0 N–H and O–H groups in total. The number of fused-ring (bicyclic) bond motifs is 6. The molecule has 18 heavy (non-hydrogen) atoms. The number of hydrogen-bond donors (Lipinski definition) is 0. The fourth-order valence-electron chi connectivity index (χ4n) is 3.35. The monoisotopic (exact) mass is 233 g/mol. The number of nitrogens with zero attached hydrogens (tertiary/aromatic N) is 1. The van der Waals surface area contributed by atoms with Gasteiger partial charge in [-0.25, -0.2) is 0 Å². The summed E-state index contributed by atoms with van der Waals surface area (Å²) in [6.07, 6.45) is 2.00. The van der Waals surface area contributed by atoms with Gasteiger partial charge in [0.15, 0.2) is 0 Å². The van der Waals surface area contributed by atoms with Crippen LogP contribution in [0.2, 0.25) is 0 Å².